The zero-order valence-corrected chi connectivity index (χ0v) is 16.3. The van der Waals surface area contributed by atoms with Gasteiger partial charge in [-0.15, -0.1) is 0 Å². The maximum absolute atomic E-state index is 12.9. The highest BCUT2D eigenvalue weighted by Crippen LogP contribution is 2.26. The summed E-state index contributed by atoms with van der Waals surface area (Å²) in [6.07, 6.45) is 0.157. The molecule has 0 aliphatic carbocycles. The molecule has 1 atom stereocenters. The first-order valence-corrected chi connectivity index (χ1v) is 9.46. The van der Waals surface area contributed by atoms with Gasteiger partial charge in [-0.3, -0.25) is 24.1 Å². The lowest BCUT2D eigenvalue weighted by atomic mass is 10.0. The molecular formula is C22H23N3O4. The summed E-state index contributed by atoms with van der Waals surface area (Å²) >= 11 is 0. The second-order valence-electron chi connectivity index (χ2n) is 7.17. The van der Waals surface area contributed by atoms with Crippen molar-refractivity contribution in [3.8, 4) is 0 Å². The number of benzene rings is 2. The van der Waals surface area contributed by atoms with Crippen LogP contribution in [-0.4, -0.2) is 47.2 Å². The molecule has 0 radical (unpaired) electrons. The predicted molar refractivity (Wildman–Crippen MR) is 107 cm³/mol. The van der Waals surface area contributed by atoms with Gasteiger partial charge in [-0.2, -0.15) is 0 Å². The van der Waals surface area contributed by atoms with Gasteiger partial charge in [0.1, 0.15) is 6.04 Å². The molecule has 2 N–H and O–H groups in total. The van der Waals surface area contributed by atoms with Gasteiger partial charge in [0.2, 0.25) is 11.8 Å². The number of rotatable bonds is 7. The number of nitrogens with one attached hydrogen (secondary N) is 2. The van der Waals surface area contributed by atoms with Crippen molar-refractivity contribution in [2.24, 2.45) is 0 Å². The quantitative estimate of drug-likeness (QED) is 0.698. The lowest BCUT2D eigenvalue weighted by molar-refractivity contribution is -0.128. The third-order valence-corrected chi connectivity index (χ3v) is 4.58. The van der Waals surface area contributed by atoms with Crippen LogP contribution in [0.1, 0.15) is 40.1 Å². The van der Waals surface area contributed by atoms with Gasteiger partial charge in [-0.25, -0.2) is 0 Å². The Hall–Kier alpha value is -3.48. The molecule has 0 spiro atoms. The number of imide groups is 1. The van der Waals surface area contributed by atoms with E-state index in [1.165, 1.54) is 0 Å². The van der Waals surface area contributed by atoms with E-state index in [0.29, 0.717) is 0 Å². The summed E-state index contributed by atoms with van der Waals surface area (Å²) in [6, 6.07) is 14.5. The highest BCUT2D eigenvalue weighted by molar-refractivity contribution is 6.22. The first-order valence-electron chi connectivity index (χ1n) is 9.46. The summed E-state index contributed by atoms with van der Waals surface area (Å²) in [6.45, 7) is 3.40. The van der Waals surface area contributed by atoms with Gasteiger partial charge >= 0.3 is 0 Å². The molecule has 7 heteroatoms. The maximum atomic E-state index is 12.9. The predicted octanol–water partition coefficient (Wildman–Crippen LogP) is 1.53. The number of amides is 4. The fourth-order valence-electron chi connectivity index (χ4n) is 3.29. The van der Waals surface area contributed by atoms with Crippen LogP contribution in [0.2, 0.25) is 0 Å². The zero-order valence-electron chi connectivity index (χ0n) is 16.3. The minimum absolute atomic E-state index is 0.0595. The number of nitrogens with zero attached hydrogens (tertiary/aromatic N) is 1. The van der Waals surface area contributed by atoms with Gasteiger partial charge in [0, 0.05) is 12.5 Å². The lowest BCUT2D eigenvalue weighted by Gasteiger charge is -2.25. The molecule has 1 aliphatic rings. The van der Waals surface area contributed by atoms with E-state index >= 15 is 0 Å². The van der Waals surface area contributed by atoms with Gasteiger partial charge < -0.3 is 10.6 Å². The SMILES string of the molecule is CC(C)NC(=O)CNC(=O)[C@H](Cc1ccccc1)N1C(=O)c2ccccc2C1=O. The van der Waals surface area contributed by atoms with Crippen molar-refractivity contribution in [1.29, 1.82) is 0 Å². The highest BCUT2D eigenvalue weighted by atomic mass is 16.2. The summed E-state index contributed by atoms with van der Waals surface area (Å²) in [7, 11) is 0. The van der Waals surface area contributed by atoms with E-state index in [-0.39, 0.29) is 36.0 Å². The van der Waals surface area contributed by atoms with Crippen molar-refractivity contribution in [1.82, 2.24) is 15.5 Å². The standard InChI is InChI=1S/C22H23N3O4/c1-14(2)24-19(26)13-23-20(27)18(12-15-8-4-3-5-9-15)25-21(28)16-10-6-7-11-17(16)22(25)29/h3-11,14,18H,12-13H2,1-2H3,(H,23,27)(H,24,26)/t18-/m0/s1. The van der Waals surface area contributed by atoms with E-state index in [1.54, 1.807) is 24.3 Å². The Balaban J connectivity index is 1.84. The Morgan fingerprint density at radius 2 is 1.45 bits per heavy atom. The molecule has 0 fully saturated rings. The summed E-state index contributed by atoms with van der Waals surface area (Å²) < 4.78 is 0. The Kier molecular flexibility index (Phi) is 6.07. The van der Waals surface area contributed by atoms with E-state index in [2.05, 4.69) is 10.6 Å². The van der Waals surface area contributed by atoms with Crippen LogP contribution in [-0.2, 0) is 16.0 Å². The highest BCUT2D eigenvalue weighted by Gasteiger charge is 2.42. The van der Waals surface area contributed by atoms with Crippen molar-refractivity contribution < 1.29 is 19.2 Å². The van der Waals surface area contributed by atoms with Crippen LogP contribution in [0.5, 0.6) is 0 Å². The summed E-state index contributed by atoms with van der Waals surface area (Å²) in [5.74, 6) is -1.90. The van der Waals surface area contributed by atoms with Crippen molar-refractivity contribution in [2.75, 3.05) is 6.54 Å². The van der Waals surface area contributed by atoms with Crippen LogP contribution in [0.25, 0.3) is 0 Å². The largest absolute Gasteiger partial charge is 0.352 e. The van der Waals surface area contributed by atoms with Gasteiger partial charge in [-0.05, 0) is 31.5 Å². The normalized spacial score (nSPS) is 14.0. The molecule has 4 amide bonds. The number of carbonyl (C=O) groups is 4. The van der Waals surface area contributed by atoms with E-state index in [9.17, 15) is 19.2 Å². The van der Waals surface area contributed by atoms with Crippen molar-refractivity contribution >= 4 is 23.6 Å². The van der Waals surface area contributed by atoms with E-state index in [1.807, 2.05) is 44.2 Å². The topological polar surface area (TPSA) is 95.6 Å². The molecule has 29 heavy (non-hydrogen) atoms. The van der Waals surface area contributed by atoms with Crippen molar-refractivity contribution in [2.45, 2.75) is 32.4 Å². The van der Waals surface area contributed by atoms with Crippen LogP contribution < -0.4 is 10.6 Å². The van der Waals surface area contributed by atoms with E-state index < -0.39 is 23.8 Å². The van der Waals surface area contributed by atoms with Crippen molar-refractivity contribution in [3.63, 3.8) is 0 Å². The average Bonchev–Trinajstić information content (AvgIpc) is 2.95. The molecular weight excluding hydrogens is 370 g/mol. The molecule has 3 rings (SSSR count). The molecule has 0 unspecified atom stereocenters. The van der Waals surface area contributed by atoms with Crippen LogP contribution in [0.3, 0.4) is 0 Å². The van der Waals surface area contributed by atoms with Crippen LogP contribution in [0, 0.1) is 0 Å². The molecule has 0 aromatic heterocycles. The molecule has 0 saturated carbocycles. The van der Waals surface area contributed by atoms with E-state index in [4.69, 9.17) is 0 Å². The Labute approximate surface area is 169 Å². The molecule has 7 nitrogen and oxygen atoms in total. The maximum Gasteiger partial charge on any atom is 0.262 e. The third kappa shape index (κ3) is 4.51. The smallest absolute Gasteiger partial charge is 0.262 e. The van der Waals surface area contributed by atoms with E-state index in [0.717, 1.165) is 10.5 Å². The van der Waals surface area contributed by atoms with Gasteiger partial charge in [0.15, 0.2) is 0 Å². The molecule has 2 aromatic carbocycles. The van der Waals surface area contributed by atoms with Crippen LogP contribution in [0.4, 0.5) is 0 Å². The molecule has 1 aliphatic heterocycles. The lowest BCUT2D eigenvalue weighted by Crippen LogP contribution is -2.52. The van der Waals surface area contributed by atoms with Crippen molar-refractivity contribution in [3.05, 3.63) is 71.3 Å². The molecule has 150 valence electrons. The molecule has 2 aromatic rings. The Bertz CT molecular complexity index is 905. The first kappa shape index (κ1) is 20.3. The zero-order chi connectivity index (χ0) is 21.0. The number of hydrogen-bond acceptors (Lipinski definition) is 4. The number of carbonyl (C=O) groups excluding carboxylic acids is 4. The van der Waals surface area contributed by atoms with Gasteiger partial charge in [0.25, 0.3) is 11.8 Å². The second-order valence-corrected chi connectivity index (χ2v) is 7.17. The minimum Gasteiger partial charge on any atom is -0.352 e. The van der Waals surface area contributed by atoms with Crippen LogP contribution >= 0.6 is 0 Å². The summed E-state index contributed by atoms with van der Waals surface area (Å²) in [4.78, 5) is 51.6. The molecule has 0 bridgehead atoms. The third-order valence-electron chi connectivity index (χ3n) is 4.58. The summed E-state index contributed by atoms with van der Waals surface area (Å²) in [5.41, 5.74) is 1.36. The van der Waals surface area contributed by atoms with Gasteiger partial charge in [0.05, 0.1) is 17.7 Å². The van der Waals surface area contributed by atoms with Gasteiger partial charge in [-0.1, -0.05) is 42.5 Å². The minimum atomic E-state index is -1.06. The van der Waals surface area contributed by atoms with Crippen LogP contribution in [0.15, 0.2) is 54.6 Å². The first-order chi connectivity index (χ1) is 13.9. The molecule has 0 saturated heterocycles. The second kappa shape index (κ2) is 8.68. The fourth-order valence-corrected chi connectivity index (χ4v) is 3.29. The number of hydrogen-bond donors (Lipinski definition) is 2. The Morgan fingerprint density at radius 3 is 2.00 bits per heavy atom. The fraction of sp³-hybridized carbons (Fsp3) is 0.273. The Morgan fingerprint density at radius 1 is 0.897 bits per heavy atom. The monoisotopic (exact) mass is 393 g/mol. The summed E-state index contributed by atoms with van der Waals surface area (Å²) in [5, 5.41) is 5.24. The average molecular weight is 393 g/mol. The molecule has 1 heterocycles. The number of fused-ring (bicyclic) bond motifs is 1.